The van der Waals surface area contributed by atoms with Crippen molar-refractivity contribution < 1.29 is 9.84 Å². The zero-order valence-electron chi connectivity index (χ0n) is 8.59. The molecule has 2 N–H and O–H groups in total. The lowest BCUT2D eigenvalue weighted by molar-refractivity contribution is 0.0273. The Morgan fingerprint density at radius 3 is 3.00 bits per heavy atom. The molecule has 1 aromatic carbocycles. The molecular weight excluding hydrogens is 214 g/mol. The van der Waals surface area contributed by atoms with Crippen LogP contribution in [-0.2, 0) is 4.74 Å². The molecule has 1 aliphatic rings. The lowest BCUT2D eigenvalue weighted by atomic mass is 10.0. The molecule has 82 valence electrons. The lowest BCUT2D eigenvalue weighted by Crippen LogP contribution is -2.33. The summed E-state index contributed by atoms with van der Waals surface area (Å²) in [5, 5.41) is 13.1. The molecule has 1 aromatic rings. The second-order valence-corrected chi connectivity index (χ2v) is 4.13. The van der Waals surface area contributed by atoms with Crippen LogP contribution in [0.25, 0.3) is 0 Å². The summed E-state index contributed by atoms with van der Waals surface area (Å²) in [5.41, 5.74) is 2.05. The van der Waals surface area contributed by atoms with E-state index in [4.69, 9.17) is 16.3 Å². The Kier molecular flexibility index (Phi) is 3.14. The summed E-state index contributed by atoms with van der Waals surface area (Å²) in [6, 6.07) is 3.46. The number of halogens is 1. The molecule has 3 nitrogen and oxygen atoms in total. The summed E-state index contributed by atoms with van der Waals surface area (Å²) in [5.74, 6) is 0.127. The highest BCUT2D eigenvalue weighted by molar-refractivity contribution is 6.32. The number of phenols is 1. The van der Waals surface area contributed by atoms with E-state index in [2.05, 4.69) is 5.32 Å². The van der Waals surface area contributed by atoms with Crippen molar-refractivity contribution in [2.75, 3.05) is 19.7 Å². The van der Waals surface area contributed by atoms with E-state index < -0.39 is 0 Å². The number of hydrogen-bond donors (Lipinski definition) is 2. The van der Waals surface area contributed by atoms with E-state index in [9.17, 15) is 5.11 Å². The van der Waals surface area contributed by atoms with Crippen LogP contribution in [0, 0.1) is 6.92 Å². The van der Waals surface area contributed by atoms with E-state index in [1.165, 1.54) is 0 Å². The molecule has 0 spiro atoms. The largest absolute Gasteiger partial charge is 0.506 e. The molecule has 1 atom stereocenters. The van der Waals surface area contributed by atoms with Crippen LogP contribution >= 0.6 is 11.6 Å². The zero-order valence-corrected chi connectivity index (χ0v) is 9.34. The fraction of sp³-hybridized carbons (Fsp3) is 0.455. The highest BCUT2D eigenvalue weighted by atomic mass is 35.5. The fourth-order valence-electron chi connectivity index (χ4n) is 1.79. The Morgan fingerprint density at radius 2 is 2.33 bits per heavy atom. The first kappa shape index (κ1) is 10.7. The molecule has 1 saturated heterocycles. The average Bonchev–Trinajstić information content (AvgIpc) is 2.25. The molecule has 0 amide bonds. The summed E-state index contributed by atoms with van der Waals surface area (Å²) < 4.78 is 5.64. The van der Waals surface area contributed by atoms with Crippen LogP contribution in [0.2, 0.25) is 5.02 Å². The topological polar surface area (TPSA) is 41.5 Å². The van der Waals surface area contributed by atoms with Gasteiger partial charge in [-0.2, -0.15) is 0 Å². The number of morpholine rings is 1. The number of rotatable bonds is 1. The van der Waals surface area contributed by atoms with E-state index in [-0.39, 0.29) is 11.9 Å². The minimum Gasteiger partial charge on any atom is -0.506 e. The van der Waals surface area contributed by atoms with Gasteiger partial charge in [0.25, 0.3) is 0 Å². The Labute approximate surface area is 94.0 Å². The van der Waals surface area contributed by atoms with Crippen molar-refractivity contribution in [3.8, 4) is 5.75 Å². The van der Waals surface area contributed by atoms with Gasteiger partial charge in [-0.25, -0.2) is 0 Å². The van der Waals surface area contributed by atoms with Crippen LogP contribution < -0.4 is 5.32 Å². The first-order chi connectivity index (χ1) is 7.18. The van der Waals surface area contributed by atoms with Gasteiger partial charge in [0.15, 0.2) is 0 Å². The molecule has 0 saturated carbocycles. The van der Waals surface area contributed by atoms with Gasteiger partial charge in [-0.15, -0.1) is 0 Å². The van der Waals surface area contributed by atoms with Crippen molar-refractivity contribution in [2.45, 2.75) is 13.0 Å². The number of hydrogen-bond acceptors (Lipinski definition) is 3. The van der Waals surface area contributed by atoms with Gasteiger partial charge >= 0.3 is 0 Å². The van der Waals surface area contributed by atoms with E-state index in [0.29, 0.717) is 11.6 Å². The molecule has 1 unspecified atom stereocenters. The van der Waals surface area contributed by atoms with Gasteiger partial charge in [-0.05, 0) is 30.2 Å². The van der Waals surface area contributed by atoms with Crippen LogP contribution in [0.3, 0.4) is 0 Å². The second kappa shape index (κ2) is 4.39. The Balaban J connectivity index is 2.30. The minimum atomic E-state index is 0.0387. The number of nitrogens with one attached hydrogen (secondary N) is 1. The van der Waals surface area contributed by atoms with E-state index >= 15 is 0 Å². The zero-order chi connectivity index (χ0) is 10.8. The minimum absolute atomic E-state index is 0.0387. The van der Waals surface area contributed by atoms with Gasteiger partial charge in [0.1, 0.15) is 5.75 Å². The standard InChI is InChI=1S/C11H14ClNO2/c1-7-4-10(14)9(12)5-8(7)11-6-13-2-3-15-11/h4-5,11,13-14H,2-3,6H2,1H3. The molecule has 4 heteroatoms. The van der Waals surface area contributed by atoms with Crippen molar-refractivity contribution in [3.05, 3.63) is 28.3 Å². The fourth-order valence-corrected chi connectivity index (χ4v) is 1.97. The van der Waals surface area contributed by atoms with Crippen LogP contribution in [0.15, 0.2) is 12.1 Å². The molecule has 0 aromatic heterocycles. The normalized spacial score (nSPS) is 21.6. The number of aromatic hydroxyl groups is 1. The number of ether oxygens (including phenoxy) is 1. The van der Waals surface area contributed by atoms with Crippen LogP contribution in [-0.4, -0.2) is 24.8 Å². The summed E-state index contributed by atoms with van der Waals surface area (Å²) in [6.07, 6.45) is 0.0387. The first-order valence-corrected chi connectivity index (χ1v) is 5.37. The highest BCUT2D eigenvalue weighted by Gasteiger charge is 2.18. The third-order valence-electron chi connectivity index (χ3n) is 2.61. The molecule has 0 radical (unpaired) electrons. The number of phenolic OH excluding ortho intramolecular Hbond substituents is 1. The van der Waals surface area contributed by atoms with Gasteiger partial charge in [0.2, 0.25) is 0 Å². The van der Waals surface area contributed by atoms with Crippen molar-refractivity contribution in [1.82, 2.24) is 5.32 Å². The van der Waals surface area contributed by atoms with Crippen molar-refractivity contribution >= 4 is 11.6 Å². The highest BCUT2D eigenvalue weighted by Crippen LogP contribution is 2.31. The molecule has 1 aliphatic heterocycles. The third-order valence-corrected chi connectivity index (χ3v) is 2.91. The summed E-state index contributed by atoms with van der Waals surface area (Å²) in [4.78, 5) is 0. The molecule has 1 fully saturated rings. The maximum atomic E-state index is 9.43. The van der Waals surface area contributed by atoms with Crippen LogP contribution in [0.5, 0.6) is 5.75 Å². The molecule has 0 bridgehead atoms. The molecule has 0 aliphatic carbocycles. The van der Waals surface area contributed by atoms with E-state index in [1.54, 1.807) is 12.1 Å². The summed E-state index contributed by atoms with van der Waals surface area (Å²) in [7, 11) is 0. The summed E-state index contributed by atoms with van der Waals surface area (Å²) in [6.45, 7) is 4.34. The monoisotopic (exact) mass is 227 g/mol. The smallest absolute Gasteiger partial charge is 0.134 e. The molecule has 1 heterocycles. The van der Waals surface area contributed by atoms with Gasteiger partial charge in [-0.3, -0.25) is 0 Å². The second-order valence-electron chi connectivity index (χ2n) is 3.72. The van der Waals surface area contributed by atoms with E-state index in [1.807, 2.05) is 6.92 Å². The summed E-state index contributed by atoms with van der Waals surface area (Å²) >= 11 is 5.88. The first-order valence-electron chi connectivity index (χ1n) is 5.00. The Bertz CT molecular complexity index is 362. The third kappa shape index (κ3) is 2.25. The lowest BCUT2D eigenvalue weighted by Gasteiger charge is -2.25. The van der Waals surface area contributed by atoms with Gasteiger partial charge < -0.3 is 15.2 Å². The van der Waals surface area contributed by atoms with Gasteiger partial charge in [0, 0.05) is 13.1 Å². The van der Waals surface area contributed by atoms with Crippen molar-refractivity contribution in [3.63, 3.8) is 0 Å². The van der Waals surface area contributed by atoms with E-state index in [0.717, 1.165) is 24.2 Å². The van der Waals surface area contributed by atoms with Crippen molar-refractivity contribution in [1.29, 1.82) is 0 Å². The molecule has 15 heavy (non-hydrogen) atoms. The van der Waals surface area contributed by atoms with Crippen LogP contribution in [0.4, 0.5) is 0 Å². The number of aryl methyl sites for hydroxylation is 1. The predicted octanol–water partition coefficient (Wildman–Crippen LogP) is 2.01. The number of benzene rings is 1. The quantitative estimate of drug-likeness (QED) is 0.771. The Morgan fingerprint density at radius 1 is 1.53 bits per heavy atom. The Hall–Kier alpha value is -0.770. The van der Waals surface area contributed by atoms with Gasteiger partial charge in [0.05, 0.1) is 17.7 Å². The predicted molar refractivity (Wildman–Crippen MR) is 59.4 cm³/mol. The maximum Gasteiger partial charge on any atom is 0.134 e. The molecular formula is C11H14ClNO2. The van der Waals surface area contributed by atoms with Crippen molar-refractivity contribution in [2.24, 2.45) is 0 Å². The van der Waals surface area contributed by atoms with Gasteiger partial charge in [-0.1, -0.05) is 11.6 Å². The average molecular weight is 228 g/mol. The maximum absolute atomic E-state index is 9.43. The van der Waals surface area contributed by atoms with Crippen LogP contribution in [0.1, 0.15) is 17.2 Å². The molecule has 2 rings (SSSR count). The SMILES string of the molecule is Cc1cc(O)c(Cl)cc1C1CNCCO1.